The normalized spacial score (nSPS) is 16.5. The number of likely N-dealkylation sites (tertiary alicyclic amines) is 2. The van der Waals surface area contributed by atoms with Crippen molar-refractivity contribution in [1.82, 2.24) is 14.8 Å². The molecular formula is C34H36N4O4. The van der Waals surface area contributed by atoms with Crippen molar-refractivity contribution >= 4 is 17.5 Å². The Morgan fingerprint density at radius 3 is 2.14 bits per heavy atom. The Morgan fingerprint density at radius 2 is 1.55 bits per heavy atom. The number of methoxy groups -OCH3 is 1. The molecule has 2 fully saturated rings. The summed E-state index contributed by atoms with van der Waals surface area (Å²) in [5, 5.41) is 8.97. The third kappa shape index (κ3) is 7.10. The molecule has 8 nitrogen and oxygen atoms in total. The van der Waals surface area contributed by atoms with Gasteiger partial charge in [-0.3, -0.25) is 24.3 Å². The Morgan fingerprint density at radius 1 is 0.881 bits per heavy atom. The van der Waals surface area contributed by atoms with E-state index in [0.29, 0.717) is 66.4 Å². The molecule has 5 rings (SSSR count). The second-order valence-corrected chi connectivity index (χ2v) is 11.2. The zero-order valence-corrected chi connectivity index (χ0v) is 24.0. The van der Waals surface area contributed by atoms with E-state index in [1.165, 1.54) is 11.8 Å². The largest absolute Gasteiger partial charge is 0.497 e. The minimum absolute atomic E-state index is 0.0601. The van der Waals surface area contributed by atoms with Gasteiger partial charge in [0.05, 0.1) is 18.7 Å². The van der Waals surface area contributed by atoms with Crippen LogP contribution in [0.4, 0.5) is 0 Å². The molecule has 2 aromatic carbocycles. The molecule has 0 bridgehead atoms. The third-order valence-electron chi connectivity index (χ3n) is 8.50. The van der Waals surface area contributed by atoms with Crippen molar-refractivity contribution in [2.75, 3.05) is 33.3 Å². The minimum Gasteiger partial charge on any atom is -0.497 e. The Bertz CT molecular complexity index is 1430. The molecule has 2 aliphatic rings. The van der Waals surface area contributed by atoms with E-state index in [-0.39, 0.29) is 23.4 Å². The van der Waals surface area contributed by atoms with Crippen molar-refractivity contribution in [2.24, 2.45) is 11.8 Å². The molecular weight excluding hydrogens is 528 g/mol. The molecule has 216 valence electrons. The van der Waals surface area contributed by atoms with Crippen molar-refractivity contribution in [3.63, 3.8) is 0 Å². The van der Waals surface area contributed by atoms with Crippen molar-refractivity contribution in [2.45, 2.75) is 38.6 Å². The number of nitriles is 1. The van der Waals surface area contributed by atoms with Gasteiger partial charge in [0.25, 0.3) is 5.91 Å². The summed E-state index contributed by atoms with van der Waals surface area (Å²) in [6.07, 6.45) is 5.15. The summed E-state index contributed by atoms with van der Waals surface area (Å²) in [6, 6.07) is 20.4. The van der Waals surface area contributed by atoms with Crippen LogP contribution in [0.1, 0.15) is 74.4 Å². The number of amides is 1. The number of rotatable bonds is 9. The van der Waals surface area contributed by atoms with E-state index < -0.39 is 0 Å². The lowest BCUT2D eigenvalue weighted by Gasteiger charge is -2.31. The molecule has 0 N–H and O–H groups in total. The van der Waals surface area contributed by atoms with E-state index >= 15 is 0 Å². The van der Waals surface area contributed by atoms with Gasteiger partial charge in [0.15, 0.2) is 11.6 Å². The van der Waals surface area contributed by atoms with Gasteiger partial charge in [0.2, 0.25) is 0 Å². The number of hydrogen-bond acceptors (Lipinski definition) is 7. The van der Waals surface area contributed by atoms with Crippen LogP contribution < -0.4 is 4.74 Å². The lowest BCUT2D eigenvalue weighted by molar-refractivity contribution is 0.0645. The summed E-state index contributed by atoms with van der Waals surface area (Å²) >= 11 is 0. The Hall–Kier alpha value is -4.35. The Kier molecular flexibility index (Phi) is 9.40. The first kappa shape index (κ1) is 29.2. The van der Waals surface area contributed by atoms with Gasteiger partial charge in [-0.2, -0.15) is 5.26 Å². The number of carbonyl (C=O) groups is 3. The Balaban J connectivity index is 1.06. The van der Waals surface area contributed by atoms with Crippen LogP contribution in [0.25, 0.3) is 0 Å². The van der Waals surface area contributed by atoms with Gasteiger partial charge in [0.1, 0.15) is 11.4 Å². The van der Waals surface area contributed by atoms with Crippen molar-refractivity contribution in [1.29, 1.82) is 5.26 Å². The third-order valence-corrected chi connectivity index (χ3v) is 8.50. The number of piperidine rings is 2. The summed E-state index contributed by atoms with van der Waals surface area (Å²) in [4.78, 5) is 47.4. The number of ketones is 2. The second-order valence-electron chi connectivity index (χ2n) is 11.2. The van der Waals surface area contributed by atoms with E-state index in [0.717, 1.165) is 32.5 Å². The van der Waals surface area contributed by atoms with Crippen LogP contribution in [-0.2, 0) is 6.54 Å². The van der Waals surface area contributed by atoms with Crippen LogP contribution in [-0.4, -0.2) is 65.5 Å². The highest BCUT2D eigenvalue weighted by atomic mass is 16.5. The van der Waals surface area contributed by atoms with Crippen LogP contribution in [0.2, 0.25) is 0 Å². The Labute approximate surface area is 246 Å². The first-order chi connectivity index (χ1) is 20.4. The average molecular weight is 565 g/mol. The lowest BCUT2D eigenvalue weighted by Crippen LogP contribution is -2.40. The maximum Gasteiger partial charge on any atom is 0.272 e. The molecule has 0 saturated carbocycles. The maximum atomic E-state index is 13.1. The number of pyridine rings is 1. The number of Topliss-reactive ketones (excluding diaryl/α,β-unsaturated/α-hetero) is 2. The molecule has 8 heteroatoms. The summed E-state index contributed by atoms with van der Waals surface area (Å²) in [7, 11) is 1.59. The zero-order chi connectivity index (χ0) is 29.5. The molecule has 0 atom stereocenters. The predicted molar refractivity (Wildman–Crippen MR) is 158 cm³/mol. The van der Waals surface area contributed by atoms with E-state index in [4.69, 9.17) is 10.00 Å². The molecule has 3 aromatic rings. The molecule has 0 radical (unpaired) electrons. The molecule has 0 aliphatic carbocycles. The second kappa shape index (κ2) is 13.5. The van der Waals surface area contributed by atoms with E-state index in [1.54, 1.807) is 48.4 Å². The lowest BCUT2D eigenvalue weighted by atomic mass is 9.88. The van der Waals surface area contributed by atoms with Crippen LogP contribution in [0.15, 0.2) is 66.9 Å². The number of nitrogens with zero attached hydrogens (tertiary/aromatic N) is 4. The molecule has 3 heterocycles. The van der Waals surface area contributed by atoms with E-state index in [2.05, 4.69) is 16.0 Å². The number of carbonyl (C=O) groups excluding carboxylic acids is 3. The first-order valence-electron chi connectivity index (χ1n) is 14.6. The minimum atomic E-state index is -0.168. The molecule has 1 aromatic heterocycles. The van der Waals surface area contributed by atoms with Crippen molar-refractivity contribution < 1.29 is 19.1 Å². The number of aromatic nitrogens is 1. The van der Waals surface area contributed by atoms with Crippen LogP contribution in [0.3, 0.4) is 0 Å². The zero-order valence-electron chi connectivity index (χ0n) is 24.0. The standard InChI is InChI=1S/C34H36N4O4/c1-42-30-9-6-27(7-10-30)33(40)28-14-18-38(19-15-28)34(41)31-11-8-29(22-36-31)32(39)20-24-12-16-37(17-13-24)23-26-4-2-25(21-35)3-5-26/h2-11,22,24,28H,12-20,23H2,1H3. The van der Waals surface area contributed by atoms with Gasteiger partial charge in [-0.05, 0) is 98.8 Å². The average Bonchev–Trinajstić information content (AvgIpc) is 3.05. The van der Waals surface area contributed by atoms with Gasteiger partial charge >= 0.3 is 0 Å². The van der Waals surface area contributed by atoms with Gasteiger partial charge < -0.3 is 9.64 Å². The van der Waals surface area contributed by atoms with Gasteiger partial charge in [-0.1, -0.05) is 12.1 Å². The van der Waals surface area contributed by atoms with E-state index in [9.17, 15) is 14.4 Å². The molecule has 1 amide bonds. The molecule has 0 unspecified atom stereocenters. The highest BCUT2D eigenvalue weighted by Crippen LogP contribution is 2.26. The highest BCUT2D eigenvalue weighted by molar-refractivity contribution is 5.99. The predicted octanol–water partition coefficient (Wildman–Crippen LogP) is 5.18. The summed E-state index contributed by atoms with van der Waals surface area (Å²) in [6.45, 7) is 3.72. The van der Waals surface area contributed by atoms with Crippen LogP contribution in [0.5, 0.6) is 5.75 Å². The highest BCUT2D eigenvalue weighted by Gasteiger charge is 2.29. The maximum absolute atomic E-state index is 13.1. The van der Waals surface area contributed by atoms with Gasteiger partial charge in [0, 0.05) is 49.3 Å². The summed E-state index contributed by atoms with van der Waals surface area (Å²) < 4.78 is 5.17. The monoisotopic (exact) mass is 564 g/mol. The fourth-order valence-corrected chi connectivity index (χ4v) is 5.85. The summed E-state index contributed by atoms with van der Waals surface area (Å²) in [5.74, 6) is 0.924. The number of hydrogen-bond donors (Lipinski definition) is 0. The fraction of sp³-hybridized carbons (Fsp3) is 0.382. The van der Waals surface area contributed by atoms with Crippen molar-refractivity contribution in [3.8, 4) is 11.8 Å². The quantitative estimate of drug-likeness (QED) is 0.330. The van der Waals surface area contributed by atoms with Crippen LogP contribution in [0, 0.1) is 23.2 Å². The molecule has 42 heavy (non-hydrogen) atoms. The summed E-state index contributed by atoms with van der Waals surface area (Å²) in [5.41, 5.74) is 3.38. The fourth-order valence-electron chi connectivity index (χ4n) is 5.85. The molecule has 0 spiro atoms. The van der Waals surface area contributed by atoms with Crippen LogP contribution >= 0.6 is 0 Å². The number of ether oxygens (including phenoxy) is 1. The van der Waals surface area contributed by atoms with Gasteiger partial charge in [-0.25, -0.2) is 0 Å². The number of benzene rings is 2. The molecule has 2 aliphatic heterocycles. The van der Waals surface area contributed by atoms with Crippen molar-refractivity contribution in [3.05, 3.63) is 94.8 Å². The SMILES string of the molecule is COc1ccc(C(=O)C2CCN(C(=O)c3ccc(C(=O)CC4CCN(Cc5ccc(C#N)cc5)CC4)cn3)CC2)cc1. The topological polar surface area (TPSA) is 104 Å². The first-order valence-corrected chi connectivity index (χ1v) is 14.6. The van der Waals surface area contributed by atoms with Gasteiger partial charge in [-0.15, -0.1) is 0 Å². The smallest absolute Gasteiger partial charge is 0.272 e. The molecule has 2 saturated heterocycles. The van der Waals surface area contributed by atoms with E-state index in [1.807, 2.05) is 24.3 Å².